The number of carbonyl (C=O) groups excluding carboxylic acids is 2. The third-order valence-corrected chi connectivity index (χ3v) is 1.99. The van der Waals surface area contributed by atoms with E-state index in [0.717, 1.165) is 0 Å². The van der Waals surface area contributed by atoms with Gasteiger partial charge in [-0.05, 0) is 13.8 Å². The zero-order valence-corrected chi connectivity index (χ0v) is 7.35. The van der Waals surface area contributed by atoms with E-state index in [1.54, 1.807) is 13.8 Å². The number of rotatable bonds is 2. The Morgan fingerprint density at radius 2 is 2.42 bits per heavy atom. The van der Waals surface area contributed by atoms with Gasteiger partial charge in [-0.2, -0.15) is 0 Å². The summed E-state index contributed by atoms with van der Waals surface area (Å²) >= 11 is 0. The van der Waals surface area contributed by atoms with E-state index in [4.69, 9.17) is 4.74 Å². The van der Waals surface area contributed by atoms with Gasteiger partial charge in [-0.1, -0.05) is 0 Å². The molecule has 1 heterocycles. The maximum Gasteiger partial charge on any atom is 0.314 e. The van der Waals surface area contributed by atoms with Crippen molar-refractivity contribution in [3.63, 3.8) is 0 Å². The molecule has 1 aliphatic rings. The summed E-state index contributed by atoms with van der Waals surface area (Å²) in [5.41, 5.74) is -0.646. The number of amides is 1. The highest BCUT2D eigenvalue weighted by Gasteiger charge is 2.41. The van der Waals surface area contributed by atoms with Crippen LogP contribution < -0.4 is 5.32 Å². The van der Waals surface area contributed by atoms with Gasteiger partial charge < -0.3 is 10.1 Å². The molecule has 0 aromatic rings. The molecule has 4 heteroatoms. The molecule has 0 spiro atoms. The van der Waals surface area contributed by atoms with Gasteiger partial charge in [0, 0.05) is 13.0 Å². The van der Waals surface area contributed by atoms with Crippen LogP contribution in [0.3, 0.4) is 0 Å². The second kappa shape index (κ2) is 3.13. The molecule has 1 saturated heterocycles. The van der Waals surface area contributed by atoms with Crippen LogP contribution in [0.5, 0.6) is 0 Å². The molecular weight excluding hydrogens is 158 g/mol. The first-order chi connectivity index (χ1) is 5.58. The molecule has 12 heavy (non-hydrogen) atoms. The molecule has 1 fully saturated rings. The van der Waals surface area contributed by atoms with Crippen molar-refractivity contribution < 1.29 is 14.3 Å². The minimum atomic E-state index is -0.646. The zero-order chi connectivity index (χ0) is 9.19. The van der Waals surface area contributed by atoms with E-state index in [1.807, 2.05) is 0 Å². The van der Waals surface area contributed by atoms with Crippen molar-refractivity contribution in [3.05, 3.63) is 0 Å². The highest BCUT2D eigenvalue weighted by molar-refractivity contribution is 5.89. The van der Waals surface area contributed by atoms with Crippen molar-refractivity contribution in [1.82, 2.24) is 5.32 Å². The van der Waals surface area contributed by atoms with Gasteiger partial charge in [0.15, 0.2) is 0 Å². The normalized spacial score (nSPS) is 28.3. The Hall–Kier alpha value is -1.06. The Morgan fingerprint density at radius 3 is 2.83 bits per heavy atom. The van der Waals surface area contributed by atoms with Crippen LogP contribution in [0, 0.1) is 5.41 Å². The number of hydrogen-bond donors (Lipinski definition) is 1. The lowest BCUT2D eigenvalue weighted by atomic mass is 9.90. The van der Waals surface area contributed by atoms with Crippen molar-refractivity contribution in [2.24, 2.45) is 5.41 Å². The average molecular weight is 171 g/mol. The molecule has 4 nitrogen and oxygen atoms in total. The van der Waals surface area contributed by atoms with Crippen LogP contribution >= 0.6 is 0 Å². The maximum atomic E-state index is 11.3. The maximum absolute atomic E-state index is 11.3. The largest absolute Gasteiger partial charge is 0.466 e. The van der Waals surface area contributed by atoms with Crippen molar-refractivity contribution >= 4 is 11.9 Å². The molecule has 1 amide bonds. The van der Waals surface area contributed by atoms with E-state index >= 15 is 0 Å². The third-order valence-electron chi connectivity index (χ3n) is 1.99. The molecule has 0 unspecified atom stereocenters. The number of hydrogen-bond acceptors (Lipinski definition) is 3. The molecule has 0 radical (unpaired) electrons. The summed E-state index contributed by atoms with van der Waals surface area (Å²) in [6.07, 6.45) is 0.242. The standard InChI is InChI=1S/C8H13NO3/c1-3-12-7(11)8(2)4-6(10)9-5-8/h3-5H2,1-2H3,(H,9,10)/t8-/m1/s1. The molecule has 1 aliphatic heterocycles. The molecule has 0 saturated carbocycles. The Labute approximate surface area is 71.3 Å². The predicted molar refractivity (Wildman–Crippen MR) is 42.4 cm³/mol. The van der Waals surface area contributed by atoms with Crippen LogP contribution in [-0.2, 0) is 14.3 Å². The fraction of sp³-hybridized carbons (Fsp3) is 0.750. The SMILES string of the molecule is CCOC(=O)[C@@]1(C)CNC(=O)C1. The molecule has 1 N–H and O–H groups in total. The molecule has 1 atom stereocenters. The lowest BCUT2D eigenvalue weighted by Gasteiger charge is -2.18. The van der Waals surface area contributed by atoms with Crippen LogP contribution in [0.4, 0.5) is 0 Å². The van der Waals surface area contributed by atoms with Gasteiger partial charge in [-0.15, -0.1) is 0 Å². The molecule has 1 rings (SSSR count). The Morgan fingerprint density at radius 1 is 1.75 bits per heavy atom. The second-order valence-corrected chi connectivity index (χ2v) is 3.23. The Balaban J connectivity index is 2.60. The van der Waals surface area contributed by atoms with E-state index < -0.39 is 5.41 Å². The van der Waals surface area contributed by atoms with Crippen LogP contribution in [0.1, 0.15) is 20.3 Å². The first-order valence-corrected chi connectivity index (χ1v) is 4.02. The third kappa shape index (κ3) is 1.57. The van der Waals surface area contributed by atoms with Gasteiger partial charge in [0.05, 0.1) is 12.0 Å². The fourth-order valence-electron chi connectivity index (χ4n) is 1.22. The van der Waals surface area contributed by atoms with E-state index in [0.29, 0.717) is 13.2 Å². The van der Waals surface area contributed by atoms with Crippen molar-refractivity contribution in [2.75, 3.05) is 13.2 Å². The number of ether oxygens (including phenoxy) is 1. The van der Waals surface area contributed by atoms with Crippen molar-refractivity contribution in [1.29, 1.82) is 0 Å². The number of esters is 1. The molecule has 0 aliphatic carbocycles. The van der Waals surface area contributed by atoms with Crippen LogP contribution in [0.2, 0.25) is 0 Å². The highest BCUT2D eigenvalue weighted by atomic mass is 16.5. The predicted octanol–water partition coefficient (Wildman–Crippen LogP) is 0.0757. The molecule has 68 valence electrons. The minimum absolute atomic E-state index is 0.0782. The van der Waals surface area contributed by atoms with E-state index in [9.17, 15) is 9.59 Å². The quantitative estimate of drug-likeness (QED) is 0.598. The molecule has 0 bridgehead atoms. The molecular formula is C8H13NO3. The zero-order valence-electron chi connectivity index (χ0n) is 7.35. The van der Waals surface area contributed by atoms with Gasteiger partial charge in [0.1, 0.15) is 0 Å². The number of nitrogens with one attached hydrogen (secondary N) is 1. The minimum Gasteiger partial charge on any atom is -0.466 e. The molecule has 0 aromatic heterocycles. The van der Waals surface area contributed by atoms with E-state index in [1.165, 1.54) is 0 Å². The van der Waals surface area contributed by atoms with Gasteiger partial charge in [-0.3, -0.25) is 9.59 Å². The average Bonchev–Trinajstić information content (AvgIpc) is 2.33. The number of carbonyl (C=O) groups is 2. The summed E-state index contributed by atoms with van der Waals surface area (Å²) in [6.45, 7) is 4.25. The van der Waals surface area contributed by atoms with Crippen molar-refractivity contribution in [2.45, 2.75) is 20.3 Å². The monoisotopic (exact) mass is 171 g/mol. The summed E-state index contributed by atoms with van der Waals surface area (Å²) in [7, 11) is 0. The van der Waals surface area contributed by atoms with Crippen LogP contribution in [0.25, 0.3) is 0 Å². The smallest absolute Gasteiger partial charge is 0.314 e. The summed E-state index contributed by atoms with van der Waals surface area (Å²) in [6, 6.07) is 0. The van der Waals surface area contributed by atoms with Crippen LogP contribution in [0.15, 0.2) is 0 Å². The summed E-state index contributed by atoms with van der Waals surface area (Å²) in [4.78, 5) is 22.1. The van der Waals surface area contributed by atoms with Crippen molar-refractivity contribution in [3.8, 4) is 0 Å². The lowest BCUT2D eigenvalue weighted by molar-refractivity contribution is -0.153. The van der Waals surface area contributed by atoms with Gasteiger partial charge in [0.2, 0.25) is 5.91 Å². The summed E-state index contributed by atoms with van der Waals surface area (Å²) in [5, 5.41) is 2.61. The summed E-state index contributed by atoms with van der Waals surface area (Å²) in [5.74, 6) is -0.367. The van der Waals surface area contributed by atoms with E-state index in [-0.39, 0.29) is 18.3 Å². The topological polar surface area (TPSA) is 55.4 Å². The summed E-state index contributed by atoms with van der Waals surface area (Å²) < 4.78 is 4.85. The first kappa shape index (κ1) is 9.03. The molecule has 0 aromatic carbocycles. The van der Waals surface area contributed by atoms with Gasteiger partial charge >= 0.3 is 5.97 Å². The highest BCUT2D eigenvalue weighted by Crippen LogP contribution is 2.26. The Bertz CT molecular complexity index is 214. The second-order valence-electron chi connectivity index (χ2n) is 3.23. The Kier molecular flexibility index (Phi) is 2.35. The van der Waals surface area contributed by atoms with Gasteiger partial charge in [0.25, 0.3) is 0 Å². The lowest BCUT2D eigenvalue weighted by Crippen LogP contribution is -2.31. The first-order valence-electron chi connectivity index (χ1n) is 4.02. The van der Waals surface area contributed by atoms with E-state index in [2.05, 4.69) is 5.32 Å². The fourth-order valence-corrected chi connectivity index (χ4v) is 1.22. The van der Waals surface area contributed by atoms with Crippen LogP contribution in [-0.4, -0.2) is 25.0 Å². The van der Waals surface area contributed by atoms with Gasteiger partial charge in [-0.25, -0.2) is 0 Å².